The molecule has 0 bridgehead atoms. The molecule has 0 saturated carbocycles. The van der Waals surface area contributed by atoms with Gasteiger partial charge in [-0.25, -0.2) is 4.98 Å². The van der Waals surface area contributed by atoms with Gasteiger partial charge in [0.05, 0.1) is 18.4 Å². The standard InChI is InChI=1S/C22H23N3O4S/c26-13-15-6-8-25(9-7-15)22(28)16-3-1-4-17(11-16)23-20(27)12-18-14-30-21(24-18)19-5-2-10-29-19/h1-5,10-11,14-15,26H,6-9,12-13H2,(H,23,27). The van der Waals surface area contributed by atoms with Crippen LogP contribution in [0.5, 0.6) is 0 Å². The van der Waals surface area contributed by atoms with Crippen molar-refractivity contribution in [2.24, 2.45) is 5.92 Å². The number of nitrogens with zero attached hydrogens (tertiary/aromatic N) is 2. The predicted octanol–water partition coefficient (Wildman–Crippen LogP) is 3.43. The number of amides is 2. The van der Waals surface area contributed by atoms with Gasteiger partial charge in [0.25, 0.3) is 5.91 Å². The number of thiazole rings is 1. The van der Waals surface area contributed by atoms with E-state index in [-0.39, 0.29) is 30.8 Å². The highest BCUT2D eigenvalue weighted by Crippen LogP contribution is 2.24. The van der Waals surface area contributed by atoms with Gasteiger partial charge in [-0.1, -0.05) is 6.07 Å². The normalized spacial score (nSPS) is 14.6. The zero-order valence-electron chi connectivity index (χ0n) is 16.4. The minimum atomic E-state index is -0.195. The summed E-state index contributed by atoms with van der Waals surface area (Å²) in [6.07, 6.45) is 3.36. The summed E-state index contributed by atoms with van der Waals surface area (Å²) in [6, 6.07) is 10.6. The van der Waals surface area contributed by atoms with Crippen LogP contribution in [0, 0.1) is 5.92 Å². The van der Waals surface area contributed by atoms with Crippen molar-refractivity contribution in [3.05, 3.63) is 59.3 Å². The van der Waals surface area contributed by atoms with Gasteiger partial charge >= 0.3 is 0 Å². The summed E-state index contributed by atoms with van der Waals surface area (Å²) in [4.78, 5) is 31.5. The number of benzene rings is 1. The Morgan fingerprint density at radius 1 is 1.23 bits per heavy atom. The van der Waals surface area contributed by atoms with Crippen molar-refractivity contribution in [1.29, 1.82) is 0 Å². The first-order valence-corrected chi connectivity index (χ1v) is 10.8. The van der Waals surface area contributed by atoms with E-state index >= 15 is 0 Å². The first-order valence-electron chi connectivity index (χ1n) is 9.90. The number of aliphatic hydroxyl groups is 1. The first kappa shape index (κ1) is 20.3. The molecular weight excluding hydrogens is 402 g/mol. The molecule has 30 heavy (non-hydrogen) atoms. The molecule has 2 aromatic heterocycles. The second kappa shape index (κ2) is 9.23. The highest BCUT2D eigenvalue weighted by Gasteiger charge is 2.23. The Hall–Kier alpha value is -2.97. The van der Waals surface area contributed by atoms with Crippen molar-refractivity contribution in [3.8, 4) is 10.8 Å². The summed E-state index contributed by atoms with van der Waals surface area (Å²) in [5, 5.41) is 14.7. The van der Waals surface area contributed by atoms with Crippen LogP contribution in [-0.2, 0) is 11.2 Å². The van der Waals surface area contributed by atoms with Crippen molar-refractivity contribution in [2.45, 2.75) is 19.3 Å². The number of hydrogen-bond donors (Lipinski definition) is 2. The van der Waals surface area contributed by atoms with Gasteiger partial charge in [-0.15, -0.1) is 11.3 Å². The first-order chi connectivity index (χ1) is 14.6. The summed E-state index contributed by atoms with van der Waals surface area (Å²) in [7, 11) is 0. The van der Waals surface area contributed by atoms with Gasteiger partial charge in [0, 0.05) is 36.3 Å². The lowest BCUT2D eigenvalue weighted by atomic mass is 9.97. The third-order valence-electron chi connectivity index (χ3n) is 5.18. The maximum atomic E-state index is 12.8. The number of hydrogen-bond acceptors (Lipinski definition) is 6. The molecule has 2 amide bonds. The molecule has 1 fully saturated rings. The van der Waals surface area contributed by atoms with E-state index in [1.54, 1.807) is 41.5 Å². The largest absolute Gasteiger partial charge is 0.462 e. The number of likely N-dealkylation sites (tertiary alicyclic amines) is 1. The van der Waals surface area contributed by atoms with Gasteiger partial charge in [0.15, 0.2) is 10.8 Å². The molecule has 4 rings (SSSR count). The van der Waals surface area contributed by atoms with Gasteiger partial charge < -0.3 is 19.7 Å². The Bertz CT molecular complexity index is 1010. The van der Waals surface area contributed by atoms with E-state index in [9.17, 15) is 14.7 Å². The van der Waals surface area contributed by atoms with Gasteiger partial charge in [0.1, 0.15) is 0 Å². The Morgan fingerprint density at radius 2 is 2.07 bits per heavy atom. The van der Waals surface area contributed by atoms with Crippen LogP contribution in [0.4, 0.5) is 5.69 Å². The molecule has 2 N–H and O–H groups in total. The average molecular weight is 426 g/mol. The fourth-order valence-electron chi connectivity index (χ4n) is 3.50. The maximum Gasteiger partial charge on any atom is 0.253 e. The third kappa shape index (κ3) is 4.77. The topological polar surface area (TPSA) is 95.7 Å². The summed E-state index contributed by atoms with van der Waals surface area (Å²) < 4.78 is 5.33. The number of piperidine rings is 1. The van der Waals surface area contributed by atoms with E-state index in [1.807, 2.05) is 11.4 Å². The lowest BCUT2D eigenvalue weighted by Crippen LogP contribution is -2.39. The van der Waals surface area contributed by atoms with E-state index in [0.29, 0.717) is 35.8 Å². The molecule has 1 aromatic carbocycles. The molecular formula is C22H23N3O4S. The Kier molecular flexibility index (Phi) is 6.25. The highest BCUT2D eigenvalue weighted by atomic mass is 32.1. The minimum absolute atomic E-state index is 0.0509. The van der Waals surface area contributed by atoms with E-state index < -0.39 is 0 Å². The Balaban J connectivity index is 1.36. The van der Waals surface area contributed by atoms with Crippen LogP contribution in [0.2, 0.25) is 0 Å². The predicted molar refractivity (Wildman–Crippen MR) is 114 cm³/mol. The van der Waals surface area contributed by atoms with E-state index in [1.165, 1.54) is 11.3 Å². The molecule has 0 unspecified atom stereocenters. The number of rotatable bonds is 6. The number of furan rings is 1. The molecule has 156 valence electrons. The van der Waals surface area contributed by atoms with Crippen LogP contribution in [0.1, 0.15) is 28.9 Å². The zero-order valence-corrected chi connectivity index (χ0v) is 17.2. The van der Waals surface area contributed by atoms with E-state index in [0.717, 1.165) is 17.8 Å². The number of nitrogens with one attached hydrogen (secondary N) is 1. The van der Waals surface area contributed by atoms with E-state index in [2.05, 4.69) is 10.3 Å². The van der Waals surface area contributed by atoms with Crippen molar-refractivity contribution in [2.75, 3.05) is 25.0 Å². The van der Waals surface area contributed by atoms with Crippen LogP contribution >= 0.6 is 11.3 Å². The van der Waals surface area contributed by atoms with Crippen molar-refractivity contribution < 1.29 is 19.1 Å². The third-order valence-corrected chi connectivity index (χ3v) is 6.08. The van der Waals surface area contributed by atoms with Crippen molar-refractivity contribution in [3.63, 3.8) is 0 Å². The molecule has 1 aliphatic rings. The molecule has 3 heterocycles. The average Bonchev–Trinajstić information content (AvgIpc) is 3.45. The second-order valence-corrected chi connectivity index (χ2v) is 8.20. The molecule has 0 atom stereocenters. The number of carbonyl (C=O) groups excluding carboxylic acids is 2. The zero-order chi connectivity index (χ0) is 20.9. The molecule has 0 aliphatic carbocycles. The van der Waals surface area contributed by atoms with Crippen LogP contribution in [0.15, 0.2) is 52.5 Å². The molecule has 0 radical (unpaired) electrons. The number of aliphatic hydroxyl groups excluding tert-OH is 1. The highest BCUT2D eigenvalue weighted by molar-refractivity contribution is 7.13. The molecule has 1 saturated heterocycles. The molecule has 8 heteroatoms. The summed E-state index contributed by atoms with van der Waals surface area (Å²) >= 11 is 1.43. The maximum absolute atomic E-state index is 12.8. The van der Waals surface area contributed by atoms with Crippen molar-refractivity contribution >= 4 is 28.8 Å². The molecule has 3 aromatic rings. The monoisotopic (exact) mass is 425 g/mol. The van der Waals surface area contributed by atoms with Gasteiger partial charge in [-0.05, 0) is 49.1 Å². The SMILES string of the molecule is O=C(Cc1csc(-c2ccco2)n1)Nc1cccc(C(=O)N2CCC(CO)CC2)c1. The Morgan fingerprint density at radius 3 is 2.80 bits per heavy atom. The summed E-state index contributed by atoms with van der Waals surface area (Å²) in [5.74, 6) is 0.712. The number of anilines is 1. The Labute approximate surface area is 178 Å². The van der Waals surface area contributed by atoms with Gasteiger partial charge in [0.2, 0.25) is 5.91 Å². The second-order valence-electron chi connectivity index (χ2n) is 7.35. The molecule has 0 spiro atoms. The van der Waals surface area contributed by atoms with E-state index in [4.69, 9.17) is 4.42 Å². The smallest absolute Gasteiger partial charge is 0.253 e. The fraction of sp³-hybridized carbons (Fsp3) is 0.318. The fourth-order valence-corrected chi connectivity index (χ4v) is 4.29. The number of carbonyl (C=O) groups is 2. The van der Waals surface area contributed by atoms with Crippen LogP contribution in [0.3, 0.4) is 0 Å². The summed E-state index contributed by atoms with van der Waals surface area (Å²) in [6.45, 7) is 1.45. The summed E-state index contributed by atoms with van der Waals surface area (Å²) in [5.41, 5.74) is 1.80. The van der Waals surface area contributed by atoms with Gasteiger partial charge in [-0.2, -0.15) is 0 Å². The van der Waals surface area contributed by atoms with Crippen molar-refractivity contribution in [1.82, 2.24) is 9.88 Å². The van der Waals surface area contributed by atoms with Crippen LogP contribution < -0.4 is 5.32 Å². The minimum Gasteiger partial charge on any atom is -0.462 e. The lowest BCUT2D eigenvalue weighted by molar-refractivity contribution is -0.115. The number of aromatic nitrogens is 1. The lowest BCUT2D eigenvalue weighted by Gasteiger charge is -2.31. The molecule has 7 nitrogen and oxygen atoms in total. The van der Waals surface area contributed by atoms with Crippen LogP contribution in [-0.4, -0.2) is 46.5 Å². The van der Waals surface area contributed by atoms with Crippen LogP contribution in [0.25, 0.3) is 10.8 Å². The quantitative estimate of drug-likeness (QED) is 0.631. The molecule has 1 aliphatic heterocycles. The van der Waals surface area contributed by atoms with Gasteiger partial charge in [-0.3, -0.25) is 9.59 Å².